The molecule has 1 aliphatic heterocycles. The van der Waals surface area contributed by atoms with E-state index in [1.807, 2.05) is 12.1 Å². The Hall–Kier alpha value is -1.79. The van der Waals surface area contributed by atoms with Gasteiger partial charge in [-0.2, -0.15) is 0 Å². The fraction of sp³-hybridized carbons (Fsp3) is 0.611. The first kappa shape index (κ1) is 18.5. The smallest absolute Gasteiger partial charge is 0.191 e. The molecular formula is C18H30N4O2. The van der Waals surface area contributed by atoms with Crippen molar-refractivity contribution in [1.82, 2.24) is 15.5 Å². The van der Waals surface area contributed by atoms with Gasteiger partial charge in [0, 0.05) is 39.8 Å². The van der Waals surface area contributed by atoms with Crippen LogP contribution in [0.25, 0.3) is 0 Å². The minimum absolute atomic E-state index is 0.705. The Morgan fingerprint density at radius 1 is 1.29 bits per heavy atom. The number of morpholine rings is 1. The third-order valence-electron chi connectivity index (χ3n) is 3.90. The van der Waals surface area contributed by atoms with Crippen molar-refractivity contribution < 1.29 is 9.47 Å². The lowest BCUT2D eigenvalue weighted by Crippen LogP contribution is -2.38. The zero-order chi connectivity index (χ0) is 17.0. The van der Waals surface area contributed by atoms with Gasteiger partial charge in [-0.25, -0.2) is 0 Å². The number of aliphatic imine (C=N–C) groups is 1. The number of nitrogens with one attached hydrogen (secondary N) is 2. The topological polar surface area (TPSA) is 58.1 Å². The van der Waals surface area contributed by atoms with Crippen LogP contribution in [0, 0.1) is 0 Å². The van der Waals surface area contributed by atoms with Crippen LogP contribution >= 0.6 is 0 Å². The van der Waals surface area contributed by atoms with Gasteiger partial charge in [0.25, 0.3) is 0 Å². The summed E-state index contributed by atoms with van der Waals surface area (Å²) >= 11 is 0. The molecule has 24 heavy (non-hydrogen) atoms. The molecule has 0 unspecified atom stereocenters. The third kappa shape index (κ3) is 6.76. The summed E-state index contributed by atoms with van der Waals surface area (Å²) in [5, 5.41) is 6.58. The van der Waals surface area contributed by atoms with E-state index in [0.717, 1.165) is 64.1 Å². The van der Waals surface area contributed by atoms with Crippen LogP contribution in [0.15, 0.2) is 29.3 Å². The minimum atomic E-state index is 0.705. The molecule has 0 spiro atoms. The van der Waals surface area contributed by atoms with Gasteiger partial charge in [-0.1, -0.05) is 19.1 Å². The number of benzene rings is 1. The van der Waals surface area contributed by atoms with Crippen LogP contribution in [0.5, 0.6) is 5.75 Å². The number of nitrogens with zero attached hydrogens (tertiary/aromatic N) is 2. The van der Waals surface area contributed by atoms with Crippen molar-refractivity contribution in [2.24, 2.45) is 4.99 Å². The van der Waals surface area contributed by atoms with Crippen molar-refractivity contribution in [1.29, 1.82) is 0 Å². The second-order valence-electron chi connectivity index (χ2n) is 5.80. The Morgan fingerprint density at radius 2 is 2.12 bits per heavy atom. The van der Waals surface area contributed by atoms with Crippen LogP contribution in [0.4, 0.5) is 0 Å². The maximum atomic E-state index is 5.89. The van der Waals surface area contributed by atoms with E-state index in [0.29, 0.717) is 6.61 Å². The quantitative estimate of drug-likeness (QED) is 0.557. The second kappa shape index (κ2) is 10.9. The van der Waals surface area contributed by atoms with Crippen molar-refractivity contribution in [2.45, 2.75) is 19.9 Å². The highest BCUT2D eigenvalue weighted by atomic mass is 16.5. The molecule has 0 amide bonds. The first-order chi connectivity index (χ1) is 11.8. The van der Waals surface area contributed by atoms with Crippen molar-refractivity contribution in [3.8, 4) is 5.75 Å². The average molecular weight is 334 g/mol. The molecule has 0 radical (unpaired) electrons. The van der Waals surface area contributed by atoms with Crippen LogP contribution in [-0.2, 0) is 11.3 Å². The van der Waals surface area contributed by atoms with Gasteiger partial charge in [0.15, 0.2) is 5.96 Å². The molecule has 0 aliphatic carbocycles. The van der Waals surface area contributed by atoms with Gasteiger partial charge in [0.05, 0.1) is 13.2 Å². The predicted octanol–water partition coefficient (Wildman–Crippen LogP) is 1.47. The van der Waals surface area contributed by atoms with Gasteiger partial charge in [-0.15, -0.1) is 0 Å². The highest BCUT2D eigenvalue weighted by molar-refractivity contribution is 5.79. The molecule has 6 heteroatoms. The van der Waals surface area contributed by atoms with E-state index in [-0.39, 0.29) is 0 Å². The number of rotatable bonds is 8. The highest BCUT2D eigenvalue weighted by Crippen LogP contribution is 2.13. The Morgan fingerprint density at radius 3 is 2.88 bits per heavy atom. The van der Waals surface area contributed by atoms with Gasteiger partial charge in [-0.3, -0.25) is 9.89 Å². The minimum Gasteiger partial charge on any atom is -0.492 e. The van der Waals surface area contributed by atoms with E-state index in [1.165, 1.54) is 5.56 Å². The summed E-state index contributed by atoms with van der Waals surface area (Å²) in [6.45, 7) is 9.08. The van der Waals surface area contributed by atoms with Crippen molar-refractivity contribution in [3.63, 3.8) is 0 Å². The normalized spacial score (nSPS) is 16.0. The largest absolute Gasteiger partial charge is 0.492 e. The Kier molecular flexibility index (Phi) is 8.41. The van der Waals surface area contributed by atoms with Crippen LogP contribution in [0.3, 0.4) is 0 Å². The molecule has 2 rings (SSSR count). The van der Waals surface area contributed by atoms with Gasteiger partial charge < -0.3 is 20.1 Å². The van der Waals surface area contributed by atoms with E-state index < -0.39 is 0 Å². The standard InChI is InChI=1S/C18H30N4O2/c1-3-7-20-18(19-2)21-15-16-5-4-6-17(14-16)24-13-10-22-8-11-23-12-9-22/h4-6,14H,3,7-13,15H2,1-2H3,(H2,19,20,21). The van der Waals surface area contributed by atoms with E-state index in [1.54, 1.807) is 7.05 Å². The molecule has 0 bridgehead atoms. The molecule has 1 heterocycles. The van der Waals surface area contributed by atoms with Crippen molar-refractivity contribution in [2.75, 3.05) is 53.0 Å². The van der Waals surface area contributed by atoms with Crippen LogP contribution in [-0.4, -0.2) is 63.9 Å². The van der Waals surface area contributed by atoms with Crippen LogP contribution < -0.4 is 15.4 Å². The Bertz CT molecular complexity index is 502. The molecule has 2 N–H and O–H groups in total. The molecule has 1 aromatic rings. The zero-order valence-electron chi connectivity index (χ0n) is 14.9. The number of hydrogen-bond acceptors (Lipinski definition) is 4. The van der Waals surface area contributed by atoms with E-state index in [2.05, 4.69) is 39.6 Å². The monoisotopic (exact) mass is 334 g/mol. The highest BCUT2D eigenvalue weighted by Gasteiger charge is 2.09. The molecule has 1 fully saturated rings. The molecule has 0 saturated carbocycles. The molecular weight excluding hydrogens is 304 g/mol. The summed E-state index contributed by atoms with van der Waals surface area (Å²) in [5.74, 6) is 1.74. The third-order valence-corrected chi connectivity index (χ3v) is 3.90. The summed E-state index contributed by atoms with van der Waals surface area (Å²) in [5.41, 5.74) is 1.18. The fourth-order valence-electron chi connectivity index (χ4n) is 2.51. The number of hydrogen-bond donors (Lipinski definition) is 2. The van der Waals surface area contributed by atoms with Gasteiger partial charge >= 0.3 is 0 Å². The maximum absolute atomic E-state index is 5.89. The van der Waals surface area contributed by atoms with Gasteiger partial charge in [0.2, 0.25) is 0 Å². The summed E-state index contributed by atoms with van der Waals surface area (Å²) in [6, 6.07) is 8.21. The van der Waals surface area contributed by atoms with E-state index in [4.69, 9.17) is 9.47 Å². The second-order valence-corrected chi connectivity index (χ2v) is 5.80. The summed E-state index contributed by atoms with van der Waals surface area (Å²) in [6.07, 6.45) is 1.08. The molecule has 134 valence electrons. The molecule has 1 aliphatic rings. The van der Waals surface area contributed by atoms with Crippen molar-refractivity contribution in [3.05, 3.63) is 29.8 Å². The number of guanidine groups is 1. The lowest BCUT2D eigenvalue weighted by molar-refractivity contribution is 0.0322. The molecule has 0 aromatic heterocycles. The van der Waals surface area contributed by atoms with E-state index in [9.17, 15) is 0 Å². The Balaban J connectivity index is 1.74. The fourth-order valence-corrected chi connectivity index (χ4v) is 2.51. The average Bonchev–Trinajstić information content (AvgIpc) is 2.63. The number of ether oxygens (including phenoxy) is 2. The maximum Gasteiger partial charge on any atom is 0.191 e. The Labute approximate surface area is 145 Å². The van der Waals surface area contributed by atoms with Crippen molar-refractivity contribution >= 4 is 5.96 Å². The van der Waals surface area contributed by atoms with Crippen LogP contribution in [0.1, 0.15) is 18.9 Å². The predicted molar refractivity (Wildman–Crippen MR) is 97.7 cm³/mol. The first-order valence-corrected chi connectivity index (χ1v) is 8.78. The summed E-state index contributed by atoms with van der Waals surface area (Å²) in [4.78, 5) is 6.59. The first-order valence-electron chi connectivity index (χ1n) is 8.78. The van der Waals surface area contributed by atoms with Gasteiger partial charge in [0.1, 0.15) is 12.4 Å². The molecule has 1 saturated heterocycles. The zero-order valence-corrected chi connectivity index (χ0v) is 14.9. The summed E-state index contributed by atoms with van der Waals surface area (Å²) < 4.78 is 11.2. The molecule has 0 atom stereocenters. The lowest BCUT2D eigenvalue weighted by Gasteiger charge is -2.26. The molecule has 1 aromatic carbocycles. The SMILES string of the molecule is CCCNC(=NC)NCc1cccc(OCCN2CCOCC2)c1. The van der Waals surface area contributed by atoms with Crippen LogP contribution in [0.2, 0.25) is 0 Å². The molecule has 6 nitrogen and oxygen atoms in total. The van der Waals surface area contributed by atoms with Gasteiger partial charge in [-0.05, 0) is 24.1 Å². The van der Waals surface area contributed by atoms with E-state index >= 15 is 0 Å². The lowest BCUT2D eigenvalue weighted by atomic mass is 10.2. The summed E-state index contributed by atoms with van der Waals surface area (Å²) in [7, 11) is 1.79.